The van der Waals surface area contributed by atoms with Crippen molar-refractivity contribution in [3.8, 4) is 0 Å². The highest BCUT2D eigenvalue weighted by atomic mass is 127. The Morgan fingerprint density at radius 3 is 2.77 bits per heavy atom. The van der Waals surface area contributed by atoms with Gasteiger partial charge in [-0.1, -0.05) is 6.07 Å². The molecule has 1 aromatic heterocycles. The van der Waals surface area contributed by atoms with E-state index in [1.807, 2.05) is 18.4 Å². The van der Waals surface area contributed by atoms with Crippen LogP contribution in [0, 0.1) is 5.92 Å². The highest BCUT2D eigenvalue weighted by molar-refractivity contribution is 14.0. The number of nitrogens with zero attached hydrogens (tertiary/aromatic N) is 2. The average Bonchev–Trinajstić information content (AvgIpc) is 3.38. The molecule has 3 unspecified atom stereocenters. The molecule has 3 fully saturated rings. The lowest BCUT2D eigenvalue weighted by Crippen LogP contribution is -2.49. The minimum absolute atomic E-state index is 0. The molecule has 3 aliphatic heterocycles. The summed E-state index contributed by atoms with van der Waals surface area (Å²) in [6.45, 7) is 4.55. The first-order valence-corrected chi connectivity index (χ1v) is 10.6. The van der Waals surface area contributed by atoms with Gasteiger partial charge in [0.05, 0.1) is 18.2 Å². The summed E-state index contributed by atoms with van der Waals surface area (Å²) in [6, 6.07) is 4.83. The van der Waals surface area contributed by atoms with Gasteiger partial charge in [0.25, 0.3) is 0 Å². The van der Waals surface area contributed by atoms with E-state index in [0.717, 1.165) is 31.4 Å². The molecule has 0 amide bonds. The van der Waals surface area contributed by atoms with Crippen molar-refractivity contribution in [1.29, 1.82) is 0 Å². The zero-order valence-corrected chi connectivity index (χ0v) is 18.7. The first kappa shape index (κ1) is 20.4. The Kier molecular flexibility index (Phi) is 7.60. The van der Waals surface area contributed by atoms with Crippen LogP contribution in [0.4, 0.5) is 0 Å². The van der Waals surface area contributed by atoms with Gasteiger partial charge in [0.2, 0.25) is 0 Å². The van der Waals surface area contributed by atoms with E-state index in [1.54, 1.807) is 0 Å². The standard InChI is InChI=1S/C19H30N4OS.HI/c1-20-19(22-17-11-15-4-5-18(17)24-15)21-12-14-6-8-23(9-7-14)13-16-3-2-10-25-16;/h2-3,10,14-15,17-18H,4-9,11-13H2,1H3,(H2,20,21,22);1H. The lowest BCUT2D eigenvalue weighted by molar-refractivity contribution is 0.0992. The maximum atomic E-state index is 5.93. The van der Waals surface area contributed by atoms with Crippen molar-refractivity contribution in [2.24, 2.45) is 10.9 Å². The smallest absolute Gasteiger partial charge is 0.191 e. The van der Waals surface area contributed by atoms with Crippen LogP contribution in [0.2, 0.25) is 0 Å². The van der Waals surface area contributed by atoms with E-state index in [-0.39, 0.29) is 24.0 Å². The quantitative estimate of drug-likeness (QED) is 0.379. The second kappa shape index (κ2) is 9.71. The van der Waals surface area contributed by atoms with Gasteiger partial charge in [-0.05, 0) is 62.6 Å². The van der Waals surface area contributed by atoms with Crippen molar-refractivity contribution >= 4 is 41.3 Å². The van der Waals surface area contributed by atoms with E-state index in [2.05, 4.69) is 38.0 Å². The number of piperidine rings is 1. The molecular weight excluding hydrogens is 459 g/mol. The summed E-state index contributed by atoms with van der Waals surface area (Å²) in [6.07, 6.45) is 6.98. The van der Waals surface area contributed by atoms with Crippen molar-refractivity contribution in [3.05, 3.63) is 22.4 Å². The third-order valence-corrected chi connectivity index (χ3v) is 6.74. The molecule has 7 heteroatoms. The van der Waals surface area contributed by atoms with Crippen LogP contribution in [0.25, 0.3) is 0 Å². The largest absolute Gasteiger partial charge is 0.373 e. The molecule has 2 N–H and O–H groups in total. The number of thiophene rings is 1. The Morgan fingerprint density at radius 1 is 1.31 bits per heavy atom. The Morgan fingerprint density at radius 2 is 2.15 bits per heavy atom. The SMILES string of the molecule is CN=C(NCC1CCN(Cc2cccs2)CC1)NC1CC2CCC1O2.I. The van der Waals surface area contributed by atoms with Crippen molar-refractivity contribution in [1.82, 2.24) is 15.5 Å². The summed E-state index contributed by atoms with van der Waals surface area (Å²) in [7, 11) is 1.87. The van der Waals surface area contributed by atoms with Crippen molar-refractivity contribution < 1.29 is 4.74 Å². The van der Waals surface area contributed by atoms with Gasteiger partial charge < -0.3 is 15.4 Å². The van der Waals surface area contributed by atoms with Crippen LogP contribution in [0.3, 0.4) is 0 Å². The van der Waals surface area contributed by atoms with Crippen LogP contribution < -0.4 is 10.6 Å². The molecule has 0 aromatic carbocycles. The molecule has 3 aliphatic rings. The average molecular weight is 490 g/mol. The van der Waals surface area contributed by atoms with Gasteiger partial charge in [-0.3, -0.25) is 9.89 Å². The van der Waals surface area contributed by atoms with Gasteiger partial charge in [0.15, 0.2) is 5.96 Å². The molecule has 3 saturated heterocycles. The minimum atomic E-state index is 0. The van der Waals surface area contributed by atoms with E-state index in [9.17, 15) is 0 Å². The molecule has 1 aromatic rings. The maximum absolute atomic E-state index is 5.93. The van der Waals surface area contributed by atoms with E-state index in [4.69, 9.17) is 4.74 Å². The van der Waals surface area contributed by atoms with E-state index in [1.165, 1.54) is 43.6 Å². The van der Waals surface area contributed by atoms with Gasteiger partial charge in [-0.25, -0.2) is 0 Å². The highest BCUT2D eigenvalue weighted by Gasteiger charge is 2.41. The summed E-state index contributed by atoms with van der Waals surface area (Å²) in [5, 5.41) is 9.31. The third kappa shape index (κ3) is 5.11. The van der Waals surface area contributed by atoms with Gasteiger partial charge in [-0.2, -0.15) is 0 Å². The van der Waals surface area contributed by atoms with E-state index < -0.39 is 0 Å². The second-order valence-corrected chi connectivity index (χ2v) is 8.64. The highest BCUT2D eigenvalue weighted by Crippen LogP contribution is 2.34. The lowest BCUT2D eigenvalue weighted by Gasteiger charge is -2.32. The summed E-state index contributed by atoms with van der Waals surface area (Å²) in [4.78, 5) is 8.48. The summed E-state index contributed by atoms with van der Waals surface area (Å²) in [5.41, 5.74) is 0. The Hall–Kier alpha value is -0.380. The van der Waals surface area contributed by atoms with Gasteiger partial charge in [-0.15, -0.1) is 35.3 Å². The Labute approximate surface area is 178 Å². The molecule has 0 saturated carbocycles. The molecule has 26 heavy (non-hydrogen) atoms. The number of halogens is 1. The van der Waals surface area contributed by atoms with Crippen molar-refractivity contribution in [3.63, 3.8) is 0 Å². The Bertz CT molecular complexity index is 574. The molecule has 4 rings (SSSR count). The number of aliphatic imine (C=N–C) groups is 1. The van der Waals surface area contributed by atoms with Crippen LogP contribution in [0.15, 0.2) is 22.5 Å². The van der Waals surface area contributed by atoms with E-state index >= 15 is 0 Å². The number of rotatable bonds is 5. The molecule has 2 bridgehead atoms. The van der Waals surface area contributed by atoms with Crippen molar-refractivity contribution in [2.45, 2.75) is 56.9 Å². The number of likely N-dealkylation sites (tertiary alicyclic amines) is 1. The Balaban J connectivity index is 0.00000196. The molecule has 0 aliphatic carbocycles. The summed E-state index contributed by atoms with van der Waals surface area (Å²) in [5.74, 6) is 1.69. The topological polar surface area (TPSA) is 48.9 Å². The van der Waals surface area contributed by atoms with Gasteiger partial charge in [0, 0.05) is 25.0 Å². The summed E-state index contributed by atoms with van der Waals surface area (Å²) < 4.78 is 5.93. The monoisotopic (exact) mass is 490 g/mol. The number of fused-ring (bicyclic) bond motifs is 2. The molecule has 0 spiro atoms. The molecule has 5 nitrogen and oxygen atoms in total. The molecule has 3 atom stereocenters. The lowest BCUT2D eigenvalue weighted by atomic mass is 9.95. The van der Waals surface area contributed by atoms with E-state index in [0.29, 0.717) is 18.2 Å². The zero-order valence-electron chi connectivity index (χ0n) is 15.5. The van der Waals surface area contributed by atoms with Crippen LogP contribution in [0.5, 0.6) is 0 Å². The fraction of sp³-hybridized carbons (Fsp3) is 0.737. The third-order valence-electron chi connectivity index (χ3n) is 5.88. The number of nitrogens with one attached hydrogen (secondary N) is 2. The first-order chi connectivity index (χ1) is 12.3. The van der Waals surface area contributed by atoms with Crippen LogP contribution in [-0.2, 0) is 11.3 Å². The fourth-order valence-corrected chi connectivity index (χ4v) is 5.12. The molecular formula is C19H31IN4OS. The van der Waals surface area contributed by atoms with Gasteiger partial charge >= 0.3 is 0 Å². The van der Waals surface area contributed by atoms with Crippen molar-refractivity contribution in [2.75, 3.05) is 26.7 Å². The number of guanidine groups is 1. The molecule has 4 heterocycles. The zero-order chi connectivity index (χ0) is 17.1. The predicted octanol–water partition coefficient (Wildman–Crippen LogP) is 3.06. The van der Waals surface area contributed by atoms with Crippen LogP contribution in [0.1, 0.15) is 37.0 Å². The predicted molar refractivity (Wildman–Crippen MR) is 119 cm³/mol. The molecule has 146 valence electrons. The first-order valence-electron chi connectivity index (χ1n) is 9.67. The normalized spacial score (nSPS) is 29.6. The minimum Gasteiger partial charge on any atom is -0.373 e. The number of hydrogen-bond acceptors (Lipinski definition) is 4. The van der Waals surface area contributed by atoms with Crippen LogP contribution in [-0.4, -0.2) is 55.8 Å². The summed E-state index contributed by atoms with van der Waals surface area (Å²) >= 11 is 1.87. The van der Waals surface area contributed by atoms with Crippen LogP contribution >= 0.6 is 35.3 Å². The maximum Gasteiger partial charge on any atom is 0.191 e. The molecule has 0 radical (unpaired) electrons. The second-order valence-electron chi connectivity index (χ2n) is 7.61. The van der Waals surface area contributed by atoms with Gasteiger partial charge in [0.1, 0.15) is 0 Å². The number of hydrogen-bond donors (Lipinski definition) is 2. The fourth-order valence-electron chi connectivity index (χ4n) is 4.37. The number of ether oxygens (including phenoxy) is 1.